The fourth-order valence-corrected chi connectivity index (χ4v) is 3.06. The molecule has 2 aromatic rings. The number of rotatable bonds is 11. The lowest BCUT2D eigenvalue weighted by Gasteiger charge is -2.22. The van der Waals surface area contributed by atoms with E-state index in [1.54, 1.807) is 20.3 Å². The van der Waals surface area contributed by atoms with Crippen molar-refractivity contribution >= 4 is 35.8 Å². The Morgan fingerprint density at radius 1 is 1.16 bits per heavy atom. The summed E-state index contributed by atoms with van der Waals surface area (Å²) in [5.41, 5.74) is 2.00. The summed E-state index contributed by atoms with van der Waals surface area (Å²) < 4.78 is 15.9. The van der Waals surface area contributed by atoms with Gasteiger partial charge in [0, 0.05) is 38.8 Å². The molecule has 1 aromatic carbocycles. The fraction of sp³-hybridized carbons (Fsp3) is 0.478. The molecule has 0 aliphatic heterocycles. The molecule has 2 N–H and O–H groups in total. The third-order valence-electron chi connectivity index (χ3n) is 4.83. The van der Waals surface area contributed by atoms with E-state index in [0.29, 0.717) is 18.8 Å². The average Bonchev–Trinajstić information content (AvgIpc) is 3.22. The molecule has 0 atom stereocenters. The maximum atomic E-state index is 12.1. The Morgan fingerprint density at radius 2 is 1.91 bits per heavy atom. The van der Waals surface area contributed by atoms with Crippen LogP contribution in [0.5, 0.6) is 11.5 Å². The van der Waals surface area contributed by atoms with Crippen LogP contribution in [0, 0.1) is 6.92 Å². The number of aryl methyl sites for hydroxylation is 1. The molecular formula is C23H35IN4O4. The Hall–Kier alpha value is -2.43. The molecule has 0 spiro atoms. The highest BCUT2D eigenvalue weighted by molar-refractivity contribution is 14.0. The molecule has 0 saturated carbocycles. The standard InChI is InChI=1S/C23H34N4O4.HI/c1-6-24-23(26-13-7-12-25-22(28)21-17(2)11-15-31-21)27(3)14-10-18-8-9-19(29-4)20(16-18)30-5;/h8-9,11,15-16H,6-7,10,12-14H2,1-5H3,(H,24,26)(H,25,28);1H. The van der Waals surface area contributed by atoms with Gasteiger partial charge in [0.25, 0.3) is 5.91 Å². The van der Waals surface area contributed by atoms with Gasteiger partial charge in [0.15, 0.2) is 23.2 Å². The highest BCUT2D eigenvalue weighted by Crippen LogP contribution is 2.27. The zero-order chi connectivity index (χ0) is 22.6. The molecule has 0 aliphatic carbocycles. The predicted molar refractivity (Wildman–Crippen MR) is 138 cm³/mol. The Labute approximate surface area is 207 Å². The first-order valence-corrected chi connectivity index (χ1v) is 10.5. The van der Waals surface area contributed by atoms with E-state index in [2.05, 4.69) is 20.5 Å². The van der Waals surface area contributed by atoms with Crippen molar-refractivity contribution in [2.75, 3.05) is 47.4 Å². The van der Waals surface area contributed by atoms with Crippen LogP contribution in [0.3, 0.4) is 0 Å². The van der Waals surface area contributed by atoms with Gasteiger partial charge in [-0.05, 0) is 50.5 Å². The lowest BCUT2D eigenvalue weighted by molar-refractivity contribution is 0.0925. The van der Waals surface area contributed by atoms with Crippen molar-refractivity contribution in [1.29, 1.82) is 0 Å². The second kappa shape index (κ2) is 14.6. The van der Waals surface area contributed by atoms with Crippen LogP contribution in [0.4, 0.5) is 0 Å². The molecule has 1 heterocycles. The van der Waals surface area contributed by atoms with Crippen molar-refractivity contribution in [3.8, 4) is 11.5 Å². The van der Waals surface area contributed by atoms with Gasteiger partial charge < -0.3 is 29.4 Å². The molecule has 0 radical (unpaired) electrons. The minimum atomic E-state index is -0.189. The summed E-state index contributed by atoms with van der Waals surface area (Å²) in [6.45, 7) is 6.63. The number of nitrogens with one attached hydrogen (secondary N) is 2. The number of hydrogen-bond acceptors (Lipinski definition) is 5. The second-order valence-electron chi connectivity index (χ2n) is 7.14. The summed E-state index contributed by atoms with van der Waals surface area (Å²) in [7, 11) is 5.29. The molecule has 32 heavy (non-hydrogen) atoms. The van der Waals surface area contributed by atoms with E-state index < -0.39 is 0 Å². The molecule has 1 aromatic heterocycles. The predicted octanol–water partition coefficient (Wildman–Crippen LogP) is 3.48. The van der Waals surface area contributed by atoms with E-state index in [1.165, 1.54) is 6.26 Å². The van der Waals surface area contributed by atoms with Crippen LogP contribution in [0.25, 0.3) is 0 Å². The van der Waals surface area contributed by atoms with Gasteiger partial charge >= 0.3 is 0 Å². The molecule has 178 valence electrons. The zero-order valence-corrected chi connectivity index (χ0v) is 21.9. The minimum Gasteiger partial charge on any atom is -0.493 e. The lowest BCUT2D eigenvalue weighted by Crippen LogP contribution is -2.40. The summed E-state index contributed by atoms with van der Waals surface area (Å²) in [6, 6.07) is 7.74. The van der Waals surface area contributed by atoms with Gasteiger partial charge in [-0.3, -0.25) is 9.79 Å². The molecule has 1 amide bonds. The lowest BCUT2D eigenvalue weighted by atomic mass is 10.1. The van der Waals surface area contributed by atoms with Crippen molar-refractivity contribution < 1.29 is 18.7 Å². The van der Waals surface area contributed by atoms with Crippen LogP contribution in [-0.4, -0.2) is 64.2 Å². The number of methoxy groups -OCH3 is 2. The smallest absolute Gasteiger partial charge is 0.287 e. The largest absolute Gasteiger partial charge is 0.493 e. The molecule has 9 heteroatoms. The number of carbonyl (C=O) groups excluding carboxylic acids is 1. The van der Waals surface area contributed by atoms with Crippen molar-refractivity contribution in [1.82, 2.24) is 15.5 Å². The van der Waals surface area contributed by atoms with Gasteiger partial charge in [-0.15, -0.1) is 24.0 Å². The molecular weight excluding hydrogens is 523 g/mol. The normalized spacial score (nSPS) is 10.8. The molecule has 0 aliphatic rings. The number of carbonyl (C=O) groups is 1. The van der Waals surface area contributed by atoms with Crippen molar-refractivity contribution in [2.45, 2.75) is 26.7 Å². The molecule has 0 saturated heterocycles. The highest BCUT2D eigenvalue weighted by atomic mass is 127. The van der Waals surface area contributed by atoms with Gasteiger partial charge in [-0.1, -0.05) is 6.07 Å². The van der Waals surface area contributed by atoms with Crippen molar-refractivity contribution in [2.24, 2.45) is 4.99 Å². The summed E-state index contributed by atoms with van der Waals surface area (Å²) in [5, 5.41) is 6.19. The first kappa shape index (κ1) is 27.6. The topological polar surface area (TPSA) is 88.3 Å². The molecule has 0 fully saturated rings. The number of ether oxygens (including phenoxy) is 2. The summed E-state index contributed by atoms with van der Waals surface area (Å²) in [6.07, 6.45) is 3.11. The third kappa shape index (κ3) is 8.25. The molecule has 0 unspecified atom stereocenters. The van der Waals surface area contributed by atoms with Crippen molar-refractivity contribution in [3.05, 3.63) is 47.4 Å². The van der Waals surface area contributed by atoms with Crippen LogP contribution < -0.4 is 20.1 Å². The Morgan fingerprint density at radius 3 is 2.53 bits per heavy atom. The van der Waals surface area contributed by atoms with Crippen molar-refractivity contribution in [3.63, 3.8) is 0 Å². The maximum absolute atomic E-state index is 12.1. The van der Waals surface area contributed by atoms with E-state index >= 15 is 0 Å². The third-order valence-corrected chi connectivity index (χ3v) is 4.83. The number of nitrogens with zero attached hydrogens (tertiary/aromatic N) is 2. The van der Waals surface area contributed by atoms with Gasteiger partial charge in [0.1, 0.15) is 0 Å². The zero-order valence-electron chi connectivity index (χ0n) is 19.6. The number of furan rings is 1. The van der Waals surface area contributed by atoms with E-state index in [0.717, 1.165) is 54.5 Å². The van der Waals surface area contributed by atoms with Gasteiger partial charge in [0.05, 0.1) is 20.5 Å². The highest BCUT2D eigenvalue weighted by Gasteiger charge is 2.12. The molecule has 0 bridgehead atoms. The Bertz CT molecular complexity index is 869. The first-order chi connectivity index (χ1) is 15.0. The summed E-state index contributed by atoms with van der Waals surface area (Å²) in [5.74, 6) is 2.48. The van der Waals surface area contributed by atoms with E-state index in [4.69, 9.17) is 13.9 Å². The van der Waals surface area contributed by atoms with Gasteiger partial charge in [-0.2, -0.15) is 0 Å². The van der Waals surface area contributed by atoms with Crippen LogP contribution in [0.2, 0.25) is 0 Å². The number of amides is 1. The number of benzene rings is 1. The quantitative estimate of drug-likeness (QED) is 0.190. The minimum absolute atomic E-state index is 0. The van der Waals surface area contributed by atoms with Crippen LogP contribution in [-0.2, 0) is 6.42 Å². The van der Waals surface area contributed by atoms with Crippen LogP contribution >= 0.6 is 24.0 Å². The Balaban J connectivity index is 0.00000512. The number of likely N-dealkylation sites (N-methyl/N-ethyl adjacent to an activating group) is 1. The van der Waals surface area contributed by atoms with E-state index in [-0.39, 0.29) is 29.9 Å². The molecule has 2 rings (SSSR count). The monoisotopic (exact) mass is 558 g/mol. The SMILES string of the molecule is CCNC(=NCCCNC(=O)c1occc1C)N(C)CCc1ccc(OC)c(OC)c1.I. The van der Waals surface area contributed by atoms with E-state index in [9.17, 15) is 4.79 Å². The first-order valence-electron chi connectivity index (χ1n) is 10.5. The average molecular weight is 558 g/mol. The van der Waals surface area contributed by atoms with E-state index in [1.807, 2.05) is 39.1 Å². The number of hydrogen-bond donors (Lipinski definition) is 2. The van der Waals surface area contributed by atoms with Gasteiger partial charge in [-0.25, -0.2) is 0 Å². The Kier molecular flexibility index (Phi) is 12.6. The molecule has 8 nitrogen and oxygen atoms in total. The van der Waals surface area contributed by atoms with Crippen LogP contribution in [0.15, 0.2) is 39.9 Å². The van der Waals surface area contributed by atoms with Gasteiger partial charge in [0.2, 0.25) is 0 Å². The summed E-state index contributed by atoms with van der Waals surface area (Å²) in [4.78, 5) is 18.8. The maximum Gasteiger partial charge on any atom is 0.287 e. The summed E-state index contributed by atoms with van der Waals surface area (Å²) >= 11 is 0. The number of halogens is 1. The van der Waals surface area contributed by atoms with Crippen LogP contribution in [0.1, 0.15) is 35.0 Å². The number of guanidine groups is 1. The second-order valence-corrected chi connectivity index (χ2v) is 7.14. The fourth-order valence-electron chi connectivity index (χ4n) is 3.06. The number of aliphatic imine (C=N–C) groups is 1.